The van der Waals surface area contributed by atoms with Gasteiger partial charge in [0.2, 0.25) is 0 Å². The van der Waals surface area contributed by atoms with Crippen LogP contribution in [0.4, 0.5) is 0 Å². The molecule has 0 aliphatic rings. The molecule has 86 valence electrons. The van der Waals surface area contributed by atoms with E-state index in [0.717, 1.165) is 12.5 Å². The smallest absolute Gasteiger partial charge is 0.00971 e. The van der Waals surface area contributed by atoms with Gasteiger partial charge in [0.15, 0.2) is 0 Å². The van der Waals surface area contributed by atoms with Crippen molar-refractivity contribution in [1.29, 1.82) is 0 Å². The zero-order valence-corrected chi connectivity index (χ0v) is 10.8. The first-order chi connectivity index (χ1) is 6.28. The maximum Gasteiger partial charge on any atom is 0.00971 e. The predicted octanol–water partition coefficient (Wildman–Crippen LogP) is 2.34. The highest BCUT2D eigenvalue weighted by Crippen LogP contribution is 2.25. The van der Waals surface area contributed by atoms with Crippen LogP contribution in [0.3, 0.4) is 0 Å². The van der Waals surface area contributed by atoms with E-state index in [2.05, 4.69) is 46.7 Å². The fourth-order valence-electron chi connectivity index (χ4n) is 1.74. The lowest BCUT2D eigenvalue weighted by Gasteiger charge is -2.33. The van der Waals surface area contributed by atoms with E-state index in [1.807, 2.05) is 0 Å². The van der Waals surface area contributed by atoms with Gasteiger partial charge in [-0.25, -0.2) is 0 Å². The number of nitrogens with two attached hydrogens (primary N) is 1. The minimum absolute atomic E-state index is 0.268. The molecule has 2 N–H and O–H groups in total. The van der Waals surface area contributed by atoms with Crippen molar-refractivity contribution in [3.63, 3.8) is 0 Å². The van der Waals surface area contributed by atoms with E-state index >= 15 is 0 Å². The molecule has 2 nitrogen and oxygen atoms in total. The van der Waals surface area contributed by atoms with Crippen LogP contribution in [0.1, 0.15) is 40.5 Å². The summed E-state index contributed by atoms with van der Waals surface area (Å²) < 4.78 is 0. The Bertz CT molecular complexity index is 150. The van der Waals surface area contributed by atoms with Gasteiger partial charge in [0.25, 0.3) is 0 Å². The summed E-state index contributed by atoms with van der Waals surface area (Å²) in [6.07, 6.45) is 2.45. The average Bonchev–Trinajstić information content (AvgIpc) is 2.02. The third-order valence-corrected chi connectivity index (χ3v) is 2.81. The minimum atomic E-state index is 0.268. The molecule has 0 rings (SSSR count). The Morgan fingerprint density at radius 1 is 1.21 bits per heavy atom. The molecule has 0 saturated carbocycles. The third kappa shape index (κ3) is 5.61. The van der Waals surface area contributed by atoms with Crippen molar-refractivity contribution in [3.05, 3.63) is 0 Å². The van der Waals surface area contributed by atoms with E-state index in [9.17, 15) is 0 Å². The van der Waals surface area contributed by atoms with Crippen molar-refractivity contribution in [2.24, 2.45) is 17.1 Å². The highest BCUT2D eigenvalue weighted by atomic mass is 15.1. The SMILES string of the molecule is CC(C)CC(CC(C)(C)CN)N(C)C. The Hall–Kier alpha value is -0.0800. The van der Waals surface area contributed by atoms with Crippen LogP contribution in [0.15, 0.2) is 0 Å². The number of rotatable bonds is 6. The molecular formula is C12H28N2. The molecule has 1 unspecified atom stereocenters. The molecule has 0 saturated heterocycles. The van der Waals surface area contributed by atoms with Crippen molar-refractivity contribution >= 4 is 0 Å². The van der Waals surface area contributed by atoms with Gasteiger partial charge in [-0.2, -0.15) is 0 Å². The summed E-state index contributed by atoms with van der Waals surface area (Å²) in [5.41, 5.74) is 6.03. The zero-order chi connectivity index (χ0) is 11.4. The van der Waals surface area contributed by atoms with Gasteiger partial charge < -0.3 is 10.6 Å². The molecule has 2 heteroatoms. The summed E-state index contributed by atoms with van der Waals surface area (Å²) in [7, 11) is 4.33. The van der Waals surface area contributed by atoms with Crippen LogP contribution in [-0.2, 0) is 0 Å². The maximum atomic E-state index is 5.77. The second-order valence-electron chi connectivity index (χ2n) is 5.82. The largest absolute Gasteiger partial charge is 0.330 e. The lowest BCUT2D eigenvalue weighted by atomic mass is 9.83. The minimum Gasteiger partial charge on any atom is -0.330 e. The molecule has 0 radical (unpaired) electrons. The monoisotopic (exact) mass is 200 g/mol. The van der Waals surface area contributed by atoms with Gasteiger partial charge in [-0.1, -0.05) is 27.7 Å². The van der Waals surface area contributed by atoms with E-state index in [1.165, 1.54) is 12.8 Å². The van der Waals surface area contributed by atoms with Crippen LogP contribution in [-0.4, -0.2) is 31.6 Å². The Morgan fingerprint density at radius 2 is 1.71 bits per heavy atom. The lowest BCUT2D eigenvalue weighted by Crippen LogP contribution is -2.37. The first kappa shape index (κ1) is 13.9. The molecule has 0 heterocycles. The Labute approximate surface area is 89.9 Å². The average molecular weight is 200 g/mol. The molecule has 0 spiro atoms. The molecule has 0 amide bonds. The fourth-order valence-corrected chi connectivity index (χ4v) is 1.74. The molecule has 0 aromatic rings. The van der Waals surface area contributed by atoms with Crippen molar-refractivity contribution < 1.29 is 0 Å². The van der Waals surface area contributed by atoms with Crippen LogP contribution >= 0.6 is 0 Å². The molecule has 0 bridgehead atoms. The van der Waals surface area contributed by atoms with Crippen LogP contribution in [0.5, 0.6) is 0 Å². The Balaban J connectivity index is 4.23. The lowest BCUT2D eigenvalue weighted by molar-refractivity contribution is 0.178. The highest BCUT2D eigenvalue weighted by Gasteiger charge is 2.23. The Kier molecular flexibility index (Phi) is 5.68. The number of nitrogens with zero attached hydrogens (tertiary/aromatic N) is 1. The molecule has 0 aromatic heterocycles. The molecule has 0 aliphatic carbocycles. The molecule has 1 atom stereocenters. The summed E-state index contributed by atoms with van der Waals surface area (Å²) in [6, 6.07) is 0.661. The molecule has 0 aromatic carbocycles. The highest BCUT2D eigenvalue weighted by molar-refractivity contribution is 4.79. The van der Waals surface area contributed by atoms with E-state index in [1.54, 1.807) is 0 Å². The summed E-state index contributed by atoms with van der Waals surface area (Å²) in [6.45, 7) is 9.85. The third-order valence-electron chi connectivity index (χ3n) is 2.81. The van der Waals surface area contributed by atoms with Crippen LogP contribution < -0.4 is 5.73 Å². The normalized spacial score (nSPS) is 15.2. The summed E-state index contributed by atoms with van der Waals surface area (Å²) >= 11 is 0. The zero-order valence-electron chi connectivity index (χ0n) is 10.8. The van der Waals surface area contributed by atoms with Crippen molar-refractivity contribution in [2.75, 3.05) is 20.6 Å². The maximum absolute atomic E-state index is 5.77. The predicted molar refractivity (Wildman–Crippen MR) is 64.4 cm³/mol. The van der Waals surface area contributed by atoms with Gasteiger partial charge in [-0.05, 0) is 44.8 Å². The molecule has 0 fully saturated rings. The van der Waals surface area contributed by atoms with Gasteiger partial charge in [-0.3, -0.25) is 0 Å². The van der Waals surface area contributed by atoms with E-state index in [0.29, 0.717) is 6.04 Å². The first-order valence-electron chi connectivity index (χ1n) is 5.65. The number of hydrogen-bond acceptors (Lipinski definition) is 2. The van der Waals surface area contributed by atoms with Gasteiger partial charge >= 0.3 is 0 Å². The molecular weight excluding hydrogens is 172 g/mol. The van der Waals surface area contributed by atoms with E-state index in [-0.39, 0.29) is 5.41 Å². The first-order valence-corrected chi connectivity index (χ1v) is 5.65. The van der Waals surface area contributed by atoms with Crippen molar-refractivity contribution in [3.8, 4) is 0 Å². The van der Waals surface area contributed by atoms with Crippen LogP contribution in [0, 0.1) is 11.3 Å². The summed E-state index contributed by atoms with van der Waals surface area (Å²) in [5, 5.41) is 0. The molecule has 14 heavy (non-hydrogen) atoms. The van der Waals surface area contributed by atoms with Gasteiger partial charge in [0, 0.05) is 6.04 Å². The molecule has 0 aliphatic heterocycles. The fraction of sp³-hybridized carbons (Fsp3) is 1.00. The van der Waals surface area contributed by atoms with Crippen molar-refractivity contribution in [2.45, 2.75) is 46.6 Å². The standard InChI is InChI=1S/C12H28N2/c1-10(2)7-11(14(5)6)8-12(3,4)9-13/h10-11H,7-9,13H2,1-6H3. The number of hydrogen-bond donors (Lipinski definition) is 1. The van der Waals surface area contributed by atoms with Gasteiger partial charge in [0.1, 0.15) is 0 Å². The summed E-state index contributed by atoms with van der Waals surface area (Å²) in [4.78, 5) is 2.33. The summed E-state index contributed by atoms with van der Waals surface area (Å²) in [5.74, 6) is 0.760. The topological polar surface area (TPSA) is 29.3 Å². The van der Waals surface area contributed by atoms with Crippen LogP contribution in [0.2, 0.25) is 0 Å². The van der Waals surface area contributed by atoms with Crippen LogP contribution in [0.25, 0.3) is 0 Å². The van der Waals surface area contributed by atoms with E-state index in [4.69, 9.17) is 5.73 Å². The Morgan fingerprint density at radius 3 is 2.00 bits per heavy atom. The second kappa shape index (κ2) is 5.72. The van der Waals surface area contributed by atoms with E-state index < -0.39 is 0 Å². The van der Waals surface area contributed by atoms with Crippen molar-refractivity contribution in [1.82, 2.24) is 4.90 Å². The second-order valence-corrected chi connectivity index (χ2v) is 5.82. The van der Waals surface area contributed by atoms with Gasteiger partial charge in [-0.15, -0.1) is 0 Å². The quantitative estimate of drug-likeness (QED) is 0.713. The van der Waals surface area contributed by atoms with Gasteiger partial charge in [0.05, 0.1) is 0 Å².